The van der Waals surface area contributed by atoms with Crippen molar-refractivity contribution in [2.45, 2.75) is 12.3 Å². The quantitative estimate of drug-likeness (QED) is 0.693. The number of halogens is 3. The Morgan fingerprint density at radius 3 is 2.53 bits per heavy atom. The van der Waals surface area contributed by atoms with Gasteiger partial charge in [-0.25, -0.2) is 4.39 Å². The van der Waals surface area contributed by atoms with E-state index in [0.29, 0.717) is 0 Å². The Kier molecular flexibility index (Phi) is 4.48. The number of benzene rings is 2. The topological polar surface area (TPSA) is 9.23 Å². The Hall–Kier alpha value is -1.06. The number of methoxy groups -OCH3 is 1. The molecule has 0 saturated heterocycles. The Morgan fingerprint density at radius 1 is 1.21 bits per heavy atom. The lowest BCUT2D eigenvalue weighted by atomic mass is 10.00. The third-order valence-corrected chi connectivity index (χ3v) is 4.08. The molecule has 0 aliphatic rings. The van der Waals surface area contributed by atoms with E-state index in [1.54, 1.807) is 13.2 Å². The predicted molar refractivity (Wildman–Crippen MR) is 79.5 cm³/mol. The van der Waals surface area contributed by atoms with Gasteiger partial charge in [0.2, 0.25) is 0 Å². The van der Waals surface area contributed by atoms with Gasteiger partial charge in [-0.3, -0.25) is 0 Å². The predicted octanol–water partition coefficient (Wildman–Crippen LogP) is 5.23. The van der Waals surface area contributed by atoms with Crippen molar-refractivity contribution in [3.63, 3.8) is 0 Å². The third-order valence-electron chi connectivity index (χ3n) is 2.97. The molecule has 0 fully saturated rings. The smallest absolute Gasteiger partial charge is 0.133 e. The van der Waals surface area contributed by atoms with Crippen LogP contribution >= 0.6 is 27.5 Å². The number of hydrogen-bond acceptors (Lipinski definition) is 1. The van der Waals surface area contributed by atoms with Gasteiger partial charge in [0, 0.05) is 0 Å². The summed E-state index contributed by atoms with van der Waals surface area (Å²) < 4.78 is 19.1. The van der Waals surface area contributed by atoms with Crippen LogP contribution in [0.5, 0.6) is 5.75 Å². The first kappa shape index (κ1) is 14.4. The monoisotopic (exact) mass is 342 g/mol. The van der Waals surface area contributed by atoms with Crippen molar-refractivity contribution in [1.82, 2.24) is 0 Å². The van der Waals surface area contributed by atoms with E-state index in [0.717, 1.165) is 26.9 Å². The largest absolute Gasteiger partial charge is 0.496 e. The molecule has 2 aromatic carbocycles. The molecule has 0 aliphatic heterocycles. The van der Waals surface area contributed by atoms with Gasteiger partial charge in [-0.1, -0.05) is 12.1 Å². The normalized spacial score (nSPS) is 12.3. The van der Waals surface area contributed by atoms with E-state index >= 15 is 0 Å². The molecule has 2 rings (SSSR count). The van der Waals surface area contributed by atoms with Gasteiger partial charge in [0.1, 0.15) is 11.6 Å². The van der Waals surface area contributed by atoms with E-state index in [9.17, 15) is 4.39 Å². The Bertz CT molecular complexity index is 601. The Morgan fingerprint density at radius 2 is 1.95 bits per heavy atom. The molecule has 0 aliphatic carbocycles. The zero-order valence-electron chi connectivity index (χ0n) is 10.6. The van der Waals surface area contributed by atoms with Crippen LogP contribution < -0.4 is 4.74 Å². The van der Waals surface area contributed by atoms with Gasteiger partial charge in [-0.05, 0) is 63.8 Å². The van der Waals surface area contributed by atoms with E-state index in [4.69, 9.17) is 16.3 Å². The maximum atomic E-state index is 13.1. The average molecular weight is 344 g/mol. The van der Waals surface area contributed by atoms with Gasteiger partial charge in [0.15, 0.2) is 0 Å². The standard InChI is InChI=1S/C15H13BrClFO/c1-9-7-11(18)4-5-12(9)15(17)10-3-6-14(19-2)13(16)8-10/h3-8,15H,1-2H3. The molecule has 0 spiro atoms. The summed E-state index contributed by atoms with van der Waals surface area (Å²) in [6, 6.07) is 10.3. The first-order chi connectivity index (χ1) is 9.02. The molecule has 1 nitrogen and oxygen atoms in total. The number of ether oxygens (including phenoxy) is 1. The van der Waals surface area contributed by atoms with Gasteiger partial charge in [-0.2, -0.15) is 0 Å². The summed E-state index contributed by atoms with van der Waals surface area (Å²) in [6.45, 7) is 1.85. The molecule has 0 radical (unpaired) electrons. The number of aryl methyl sites for hydroxylation is 1. The number of hydrogen-bond donors (Lipinski definition) is 0. The van der Waals surface area contributed by atoms with Crippen LogP contribution in [-0.2, 0) is 0 Å². The summed E-state index contributed by atoms with van der Waals surface area (Å²) in [5.41, 5.74) is 2.68. The lowest BCUT2D eigenvalue weighted by molar-refractivity contribution is 0.412. The van der Waals surface area contributed by atoms with Crippen molar-refractivity contribution < 1.29 is 9.13 Å². The van der Waals surface area contributed by atoms with Gasteiger partial charge in [0.25, 0.3) is 0 Å². The molecule has 0 bridgehead atoms. The summed E-state index contributed by atoms with van der Waals surface area (Å²) in [6.07, 6.45) is 0. The number of rotatable bonds is 3. The lowest BCUT2D eigenvalue weighted by Gasteiger charge is -2.14. The fraction of sp³-hybridized carbons (Fsp3) is 0.200. The van der Waals surface area contributed by atoms with Crippen molar-refractivity contribution >= 4 is 27.5 Å². The van der Waals surface area contributed by atoms with Crippen molar-refractivity contribution in [3.05, 3.63) is 63.4 Å². The zero-order chi connectivity index (χ0) is 14.0. The molecule has 2 aromatic rings. The Balaban J connectivity index is 2.38. The lowest BCUT2D eigenvalue weighted by Crippen LogP contribution is -1.97. The first-order valence-corrected chi connectivity index (χ1v) is 6.99. The van der Waals surface area contributed by atoms with Gasteiger partial charge >= 0.3 is 0 Å². The minimum atomic E-state index is -0.317. The van der Waals surface area contributed by atoms with Crippen LogP contribution in [-0.4, -0.2) is 7.11 Å². The molecule has 0 aromatic heterocycles. The maximum Gasteiger partial charge on any atom is 0.133 e. The van der Waals surface area contributed by atoms with Crippen molar-refractivity contribution in [2.24, 2.45) is 0 Å². The molecule has 0 N–H and O–H groups in total. The van der Waals surface area contributed by atoms with Crippen molar-refractivity contribution in [2.75, 3.05) is 7.11 Å². The summed E-state index contributed by atoms with van der Waals surface area (Å²) in [7, 11) is 1.61. The van der Waals surface area contributed by atoms with Crippen LogP contribution in [0.2, 0.25) is 0 Å². The second kappa shape index (κ2) is 5.93. The van der Waals surface area contributed by atoms with E-state index in [2.05, 4.69) is 15.9 Å². The zero-order valence-corrected chi connectivity index (χ0v) is 12.9. The minimum Gasteiger partial charge on any atom is -0.496 e. The first-order valence-electron chi connectivity index (χ1n) is 5.76. The highest BCUT2D eigenvalue weighted by atomic mass is 79.9. The molecular formula is C15H13BrClFO. The summed E-state index contributed by atoms with van der Waals surface area (Å²) in [5.74, 6) is 0.504. The van der Waals surface area contributed by atoms with E-state index in [1.807, 2.05) is 25.1 Å². The van der Waals surface area contributed by atoms with Gasteiger partial charge < -0.3 is 4.74 Å². The molecule has 19 heavy (non-hydrogen) atoms. The van der Waals surface area contributed by atoms with Crippen LogP contribution in [0.1, 0.15) is 22.1 Å². The van der Waals surface area contributed by atoms with Crippen LogP contribution in [0, 0.1) is 12.7 Å². The van der Waals surface area contributed by atoms with Crippen LogP contribution in [0.3, 0.4) is 0 Å². The summed E-state index contributed by atoms with van der Waals surface area (Å²) >= 11 is 9.91. The average Bonchev–Trinajstić information content (AvgIpc) is 2.38. The maximum absolute atomic E-state index is 13.1. The third kappa shape index (κ3) is 3.10. The molecule has 0 saturated carbocycles. The fourth-order valence-electron chi connectivity index (χ4n) is 1.94. The molecule has 100 valence electrons. The Labute approximate surface area is 125 Å². The summed E-state index contributed by atoms with van der Waals surface area (Å²) in [4.78, 5) is 0. The van der Waals surface area contributed by atoms with Crippen molar-refractivity contribution in [1.29, 1.82) is 0 Å². The second-order valence-electron chi connectivity index (χ2n) is 4.26. The van der Waals surface area contributed by atoms with E-state index in [-0.39, 0.29) is 11.2 Å². The van der Waals surface area contributed by atoms with Gasteiger partial charge in [0.05, 0.1) is 17.0 Å². The second-order valence-corrected chi connectivity index (χ2v) is 5.55. The molecular weight excluding hydrogens is 331 g/mol. The summed E-state index contributed by atoms with van der Waals surface area (Å²) in [5, 5.41) is -0.317. The van der Waals surface area contributed by atoms with E-state index in [1.165, 1.54) is 12.1 Å². The highest BCUT2D eigenvalue weighted by molar-refractivity contribution is 9.10. The molecule has 0 amide bonds. The van der Waals surface area contributed by atoms with E-state index < -0.39 is 0 Å². The van der Waals surface area contributed by atoms with Crippen LogP contribution in [0.25, 0.3) is 0 Å². The molecule has 4 heteroatoms. The highest BCUT2D eigenvalue weighted by Crippen LogP contribution is 2.35. The highest BCUT2D eigenvalue weighted by Gasteiger charge is 2.15. The molecule has 1 unspecified atom stereocenters. The van der Waals surface area contributed by atoms with Gasteiger partial charge in [-0.15, -0.1) is 11.6 Å². The molecule has 1 atom stereocenters. The SMILES string of the molecule is COc1ccc(C(Cl)c2ccc(F)cc2C)cc1Br. The van der Waals surface area contributed by atoms with Crippen molar-refractivity contribution in [3.8, 4) is 5.75 Å². The number of alkyl halides is 1. The molecule has 0 heterocycles. The van der Waals surface area contributed by atoms with Crippen LogP contribution in [0.4, 0.5) is 4.39 Å². The van der Waals surface area contributed by atoms with Crippen LogP contribution in [0.15, 0.2) is 40.9 Å². The minimum absolute atomic E-state index is 0.249. The fourth-order valence-corrected chi connectivity index (χ4v) is 2.88.